The molecule has 1 saturated carbocycles. The van der Waals surface area contributed by atoms with Crippen LogP contribution in [0.3, 0.4) is 0 Å². The first-order valence-electron chi connectivity index (χ1n) is 9.49. The zero-order valence-electron chi connectivity index (χ0n) is 15.6. The first-order valence-corrected chi connectivity index (χ1v) is 10.4. The molecule has 0 saturated heterocycles. The highest BCUT2D eigenvalue weighted by Gasteiger charge is 2.26. The van der Waals surface area contributed by atoms with Crippen molar-refractivity contribution in [2.24, 2.45) is 5.92 Å². The number of nitrogens with zero attached hydrogens (tertiary/aromatic N) is 2. The minimum Gasteiger partial charge on any atom is -0.411 e. The van der Waals surface area contributed by atoms with E-state index in [-0.39, 0.29) is 17.2 Å². The summed E-state index contributed by atoms with van der Waals surface area (Å²) in [5.41, 5.74) is 1.90. The molecule has 4 rings (SSSR count). The quantitative estimate of drug-likeness (QED) is 0.637. The zero-order chi connectivity index (χ0) is 18.8. The van der Waals surface area contributed by atoms with Gasteiger partial charge in [0.25, 0.3) is 11.1 Å². The highest BCUT2D eigenvalue weighted by Crippen LogP contribution is 2.31. The molecule has 27 heavy (non-hydrogen) atoms. The number of carbonyl (C=O) groups excluding carboxylic acids is 1. The molecule has 3 aromatic rings. The summed E-state index contributed by atoms with van der Waals surface area (Å²) in [4.78, 5) is 15.8. The van der Waals surface area contributed by atoms with Crippen LogP contribution < -0.4 is 5.32 Å². The maximum absolute atomic E-state index is 12.5. The fourth-order valence-corrected chi connectivity index (χ4v) is 4.34. The minimum atomic E-state index is -0.282. The molecule has 1 aliphatic carbocycles. The van der Waals surface area contributed by atoms with E-state index < -0.39 is 0 Å². The van der Waals surface area contributed by atoms with E-state index in [0.29, 0.717) is 17.0 Å². The summed E-state index contributed by atoms with van der Waals surface area (Å²) in [5.74, 6) is 1.03. The minimum absolute atomic E-state index is 0.0330. The van der Waals surface area contributed by atoms with Crippen molar-refractivity contribution in [1.82, 2.24) is 20.5 Å². The van der Waals surface area contributed by atoms with Gasteiger partial charge in [0.15, 0.2) is 0 Å². The number of nitrogens with one attached hydrogen (secondary N) is 2. The van der Waals surface area contributed by atoms with Crippen molar-refractivity contribution in [2.75, 3.05) is 0 Å². The van der Waals surface area contributed by atoms with Gasteiger partial charge < -0.3 is 14.7 Å². The van der Waals surface area contributed by atoms with E-state index in [0.717, 1.165) is 22.9 Å². The van der Waals surface area contributed by atoms with Gasteiger partial charge >= 0.3 is 0 Å². The number of hydrogen-bond acceptors (Lipinski definition) is 5. The smallest absolute Gasteiger partial charge is 0.277 e. The number of aromatic amines is 1. The Kier molecular flexibility index (Phi) is 5.20. The predicted octanol–water partition coefficient (Wildman–Crippen LogP) is 4.39. The molecule has 0 aliphatic heterocycles. The Hall–Kier alpha value is -2.28. The van der Waals surface area contributed by atoms with Crippen LogP contribution in [0.5, 0.6) is 0 Å². The predicted molar refractivity (Wildman–Crippen MR) is 106 cm³/mol. The average Bonchev–Trinajstić information content (AvgIpc) is 3.30. The molecule has 3 atom stereocenters. The second-order valence-corrected chi connectivity index (χ2v) is 8.55. The number of fused-ring (bicyclic) bond motifs is 1. The van der Waals surface area contributed by atoms with Crippen molar-refractivity contribution in [3.8, 4) is 11.5 Å². The highest BCUT2D eigenvalue weighted by atomic mass is 32.2. The van der Waals surface area contributed by atoms with E-state index in [1.807, 2.05) is 37.4 Å². The third-order valence-electron chi connectivity index (χ3n) is 5.31. The molecule has 0 bridgehead atoms. The highest BCUT2D eigenvalue weighted by molar-refractivity contribution is 8.00. The molecule has 1 aromatic carbocycles. The lowest BCUT2D eigenvalue weighted by molar-refractivity contribution is -0.121. The number of hydrogen-bond donors (Lipinski definition) is 2. The van der Waals surface area contributed by atoms with Gasteiger partial charge in [-0.25, -0.2) is 0 Å². The molecule has 2 heterocycles. The lowest BCUT2D eigenvalue weighted by atomic mass is 9.86. The Bertz CT molecular complexity index is 935. The zero-order valence-corrected chi connectivity index (χ0v) is 16.4. The Morgan fingerprint density at radius 1 is 1.30 bits per heavy atom. The van der Waals surface area contributed by atoms with Gasteiger partial charge in [-0.2, -0.15) is 0 Å². The second kappa shape index (κ2) is 7.76. The molecule has 2 N–H and O–H groups in total. The number of benzene rings is 1. The summed E-state index contributed by atoms with van der Waals surface area (Å²) in [6.45, 7) is 4.09. The topological polar surface area (TPSA) is 83.8 Å². The molecular formula is C20H24N4O2S. The SMILES string of the molecule is CC(Sc1nnc(-c2c[nH]c3ccccc23)o1)C(=O)NC1CCCCC1C. The monoisotopic (exact) mass is 384 g/mol. The molecule has 3 unspecified atom stereocenters. The summed E-state index contributed by atoms with van der Waals surface area (Å²) in [7, 11) is 0. The number of aromatic nitrogens is 3. The van der Waals surface area contributed by atoms with Crippen LogP contribution >= 0.6 is 11.8 Å². The molecule has 7 heteroatoms. The molecule has 2 aromatic heterocycles. The lowest BCUT2D eigenvalue weighted by Crippen LogP contribution is -2.44. The maximum atomic E-state index is 12.5. The van der Waals surface area contributed by atoms with E-state index in [1.54, 1.807) is 0 Å². The van der Waals surface area contributed by atoms with Crippen LogP contribution in [0.1, 0.15) is 39.5 Å². The van der Waals surface area contributed by atoms with Gasteiger partial charge in [0, 0.05) is 23.1 Å². The fraction of sp³-hybridized carbons (Fsp3) is 0.450. The van der Waals surface area contributed by atoms with Crippen molar-refractivity contribution in [1.29, 1.82) is 0 Å². The number of carbonyl (C=O) groups is 1. The Balaban J connectivity index is 1.42. The molecule has 6 nitrogen and oxygen atoms in total. The molecule has 1 amide bonds. The van der Waals surface area contributed by atoms with Gasteiger partial charge in [0.1, 0.15) is 0 Å². The summed E-state index contributed by atoms with van der Waals surface area (Å²) in [5, 5.41) is 12.6. The first-order chi connectivity index (χ1) is 13.1. The van der Waals surface area contributed by atoms with Crippen LogP contribution in [0.25, 0.3) is 22.4 Å². The number of thioether (sulfide) groups is 1. The second-order valence-electron chi connectivity index (χ2n) is 7.26. The van der Waals surface area contributed by atoms with Gasteiger partial charge in [-0.3, -0.25) is 4.79 Å². The number of H-pyrrole nitrogens is 1. The third-order valence-corrected chi connectivity index (χ3v) is 6.25. The van der Waals surface area contributed by atoms with E-state index in [1.165, 1.54) is 31.0 Å². The third kappa shape index (κ3) is 3.88. The Morgan fingerprint density at radius 2 is 2.11 bits per heavy atom. The summed E-state index contributed by atoms with van der Waals surface area (Å²) in [6.07, 6.45) is 6.57. The number of amides is 1. The summed E-state index contributed by atoms with van der Waals surface area (Å²) in [6, 6.07) is 8.25. The van der Waals surface area contributed by atoms with Crippen molar-refractivity contribution in [3.05, 3.63) is 30.5 Å². The normalized spacial score (nSPS) is 21.3. The molecule has 1 fully saturated rings. The number of para-hydroxylation sites is 1. The van der Waals surface area contributed by atoms with Crippen molar-refractivity contribution < 1.29 is 9.21 Å². The van der Waals surface area contributed by atoms with E-state index >= 15 is 0 Å². The van der Waals surface area contributed by atoms with Gasteiger partial charge in [0.2, 0.25) is 5.91 Å². The van der Waals surface area contributed by atoms with Crippen LogP contribution in [0.4, 0.5) is 0 Å². The van der Waals surface area contributed by atoms with Crippen LogP contribution in [-0.4, -0.2) is 32.4 Å². The summed E-state index contributed by atoms with van der Waals surface area (Å²) < 4.78 is 5.81. The lowest BCUT2D eigenvalue weighted by Gasteiger charge is -2.30. The Morgan fingerprint density at radius 3 is 2.96 bits per heavy atom. The van der Waals surface area contributed by atoms with E-state index in [4.69, 9.17) is 4.42 Å². The van der Waals surface area contributed by atoms with Crippen LogP contribution in [0.15, 0.2) is 40.1 Å². The molecule has 1 aliphatic rings. The molecule has 0 radical (unpaired) electrons. The molecule has 142 valence electrons. The fourth-order valence-electron chi connectivity index (χ4n) is 3.65. The van der Waals surface area contributed by atoms with Crippen LogP contribution in [0.2, 0.25) is 0 Å². The first kappa shape index (κ1) is 18.1. The van der Waals surface area contributed by atoms with E-state index in [9.17, 15) is 4.79 Å². The van der Waals surface area contributed by atoms with Crippen molar-refractivity contribution in [2.45, 2.75) is 56.0 Å². The average molecular weight is 385 g/mol. The van der Waals surface area contributed by atoms with E-state index in [2.05, 4.69) is 27.4 Å². The summed E-state index contributed by atoms with van der Waals surface area (Å²) >= 11 is 1.30. The molecular weight excluding hydrogens is 360 g/mol. The van der Waals surface area contributed by atoms with Gasteiger partial charge in [-0.05, 0) is 31.7 Å². The number of rotatable bonds is 5. The van der Waals surface area contributed by atoms with Crippen molar-refractivity contribution in [3.63, 3.8) is 0 Å². The van der Waals surface area contributed by atoms with Gasteiger partial charge in [0.05, 0.1) is 10.8 Å². The van der Waals surface area contributed by atoms with Crippen LogP contribution in [-0.2, 0) is 4.79 Å². The Labute approximate surface area is 162 Å². The van der Waals surface area contributed by atoms with Crippen LogP contribution in [0, 0.1) is 5.92 Å². The maximum Gasteiger partial charge on any atom is 0.277 e. The molecule has 0 spiro atoms. The van der Waals surface area contributed by atoms with Gasteiger partial charge in [-0.1, -0.05) is 49.7 Å². The van der Waals surface area contributed by atoms with Gasteiger partial charge in [-0.15, -0.1) is 10.2 Å². The van der Waals surface area contributed by atoms with Crippen molar-refractivity contribution >= 4 is 28.6 Å². The standard InChI is InChI=1S/C20H24N4O2S/c1-12-7-3-5-9-16(12)22-18(25)13(2)27-20-24-23-19(26-20)15-11-21-17-10-6-4-8-14(15)17/h4,6,8,10-13,16,21H,3,5,7,9H2,1-2H3,(H,22,25). The largest absolute Gasteiger partial charge is 0.411 e.